The minimum absolute atomic E-state index is 0.147. The first-order valence-corrected chi connectivity index (χ1v) is 13.2. The van der Waals surface area contributed by atoms with Crippen LogP contribution in [0, 0.1) is 23.2 Å². The van der Waals surface area contributed by atoms with Crippen molar-refractivity contribution in [2.75, 3.05) is 35.2 Å². The maximum absolute atomic E-state index is 13.2. The highest BCUT2D eigenvalue weighted by Gasteiger charge is 2.24. The summed E-state index contributed by atoms with van der Waals surface area (Å²) in [7, 11) is 0. The number of amides is 3. The molecule has 0 aliphatic carbocycles. The van der Waals surface area contributed by atoms with E-state index in [1.54, 1.807) is 30.3 Å². The quantitative estimate of drug-likeness (QED) is 0.344. The number of hydrogen-bond acceptors (Lipinski definition) is 4. The van der Waals surface area contributed by atoms with Crippen molar-refractivity contribution >= 4 is 29.0 Å². The zero-order valence-corrected chi connectivity index (χ0v) is 22.0. The van der Waals surface area contributed by atoms with Crippen LogP contribution in [0.25, 0.3) is 0 Å². The number of nitrogens with zero attached hydrogens (tertiary/aromatic N) is 2. The first-order chi connectivity index (χ1) is 18.4. The zero-order valence-electron chi connectivity index (χ0n) is 22.0. The van der Waals surface area contributed by atoms with Crippen LogP contribution in [-0.4, -0.2) is 31.6 Å². The summed E-state index contributed by atoms with van der Waals surface area (Å²) in [6.07, 6.45) is 3.20. The number of nitrogens with one attached hydrogen (secondary N) is 3. The van der Waals surface area contributed by atoms with Crippen LogP contribution in [-0.2, 0) is 6.42 Å². The van der Waals surface area contributed by atoms with Crippen LogP contribution < -0.4 is 20.9 Å². The first kappa shape index (κ1) is 26.7. The zero-order chi connectivity index (χ0) is 26.9. The highest BCUT2D eigenvalue weighted by molar-refractivity contribution is 6.04. The molecule has 7 nitrogen and oxygen atoms in total. The second kappa shape index (κ2) is 12.8. The Labute approximate surface area is 224 Å². The second-order valence-electron chi connectivity index (χ2n) is 10.2. The van der Waals surface area contributed by atoms with Crippen LogP contribution in [0.4, 0.5) is 21.9 Å². The van der Waals surface area contributed by atoms with E-state index in [0.717, 1.165) is 38.0 Å². The van der Waals surface area contributed by atoms with E-state index < -0.39 is 6.03 Å². The molecule has 1 heterocycles. The van der Waals surface area contributed by atoms with E-state index in [4.69, 9.17) is 5.26 Å². The molecule has 3 aromatic carbocycles. The molecule has 0 bridgehead atoms. The normalized spacial score (nSPS) is 13.6. The molecule has 1 aliphatic rings. The number of urea groups is 1. The number of benzene rings is 3. The summed E-state index contributed by atoms with van der Waals surface area (Å²) in [5.41, 5.74) is 4.31. The highest BCUT2D eigenvalue weighted by atomic mass is 16.2. The lowest BCUT2D eigenvalue weighted by Gasteiger charge is -2.35. The predicted octanol–water partition coefficient (Wildman–Crippen LogP) is 6.05. The highest BCUT2D eigenvalue weighted by Crippen LogP contribution is 2.30. The van der Waals surface area contributed by atoms with Gasteiger partial charge in [0.15, 0.2) is 0 Å². The molecular formula is C31H35N5O2. The molecule has 1 aliphatic heterocycles. The van der Waals surface area contributed by atoms with E-state index in [1.807, 2.05) is 18.2 Å². The van der Waals surface area contributed by atoms with Gasteiger partial charge in [-0.15, -0.1) is 0 Å². The fourth-order valence-corrected chi connectivity index (χ4v) is 4.75. The fraction of sp³-hybridized carbons (Fsp3) is 0.323. The summed E-state index contributed by atoms with van der Waals surface area (Å²) < 4.78 is 0. The Hall–Kier alpha value is -4.31. The van der Waals surface area contributed by atoms with Crippen molar-refractivity contribution in [3.63, 3.8) is 0 Å². The van der Waals surface area contributed by atoms with Crippen molar-refractivity contribution in [2.24, 2.45) is 11.8 Å². The molecule has 0 unspecified atom stereocenters. The summed E-state index contributed by atoms with van der Waals surface area (Å²) in [6.45, 7) is 6.45. The lowest BCUT2D eigenvalue weighted by Crippen LogP contribution is -2.36. The van der Waals surface area contributed by atoms with Crippen molar-refractivity contribution in [1.29, 1.82) is 5.26 Å². The third kappa shape index (κ3) is 7.36. The summed E-state index contributed by atoms with van der Waals surface area (Å²) >= 11 is 0. The van der Waals surface area contributed by atoms with Gasteiger partial charge >= 0.3 is 6.03 Å². The van der Waals surface area contributed by atoms with Crippen molar-refractivity contribution in [2.45, 2.75) is 33.1 Å². The van der Waals surface area contributed by atoms with Crippen LogP contribution in [0.3, 0.4) is 0 Å². The molecule has 38 heavy (non-hydrogen) atoms. The molecule has 0 aromatic heterocycles. The topological polar surface area (TPSA) is 97.3 Å². The Morgan fingerprint density at radius 3 is 2.34 bits per heavy atom. The molecule has 1 saturated heterocycles. The van der Waals surface area contributed by atoms with Gasteiger partial charge in [0.1, 0.15) is 0 Å². The summed E-state index contributed by atoms with van der Waals surface area (Å²) in [5.74, 6) is 0.800. The third-order valence-electron chi connectivity index (χ3n) is 6.74. The Balaban J connectivity index is 1.46. The third-order valence-corrected chi connectivity index (χ3v) is 6.74. The Morgan fingerprint density at radius 1 is 0.947 bits per heavy atom. The van der Waals surface area contributed by atoms with E-state index in [-0.39, 0.29) is 5.91 Å². The Kier molecular flexibility index (Phi) is 8.99. The minimum Gasteiger partial charge on any atom is -0.371 e. The van der Waals surface area contributed by atoms with Crippen molar-refractivity contribution < 1.29 is 9.59 Å². The molecule has 0 radical (unpaired) electrons. The molecule has 3 N–H and O–H groups in total. The number of nitriles is 1. The van der Waals surface area contributed by atoms with E-state index in [1.165, 1.54) is 5.56 Å². The van der Waals surface area contributed by atoms with Gasteiger partial charge in [-0.1, -0.05) is 50.2 Å². The Bertz CT molecular complexity index is 1290. The SMILES string of the molecule is CC(C)CNC(=O)c1cc(NC(=O)Nc2cccc(C#N)c2)ccc1N1CCC(Cc2ccccc2)CC1. The largest absolute Gasteiger partial charge is 0.371 e. The van der Waals surface area contributed by atoms with Gasteiger partial charge in [-0.3, -0.25) is 4.79 Å². The maximum atomic E-state index is 13.2. The van der Waals surface area contributed by atoms with Gasteiger partial charge in [0.2, 0.25) is 0 Å². The molecule has 0 saturated carbocycles. The van der Waals surface area contributed by atoms with Gasteiger partial charge in [-0.25, -0.2) is 4.79 Å². The summed E-state index contributed by atoms with van der Waals surface area (Å²) in [4.78, 5) is 28.1. The second-order valence-corrected chi connectivity index (χ2v) is 10.2. The van der Waals surface area contributed by atoms with Gasteiger partial charge in [0.25, 0.3) is 5.91 Å². The van der Waals surface area contributed by atoms with Gasteiger partial charge in [-0.2, -0.15) is 5.26 Å². The monoisotopic (exact) mass is 509 g/mol. The van der Waals surface area contributed by atoms with Crippen LogP contribution in [0.2, 0.25) is 0 Å². The van der Waals surface area contributed by atoms with Crippen molar-refractivity contribution in [3.8, 4) is 6.07 Å². The number of rotatable bonds is 8. The molecule has 3 aromatic rings. The average molecular weight is 510 g/mol. The fourth-order valence-electron chi connectivity index (χ4n) is 4.75. The van der Waals surface area contributed by atoms with Crippen molar-refractivity contribution in [3.05, 3.63) is 89.5 Å². The summed E-state index contributed by atoms with van der Waals surface area (Å²) in [6, 6.07) is 24.4. The van der Waals surface area contributed by atoms with Crippen molar-refractivity contribution in [1.82, 2.24) is 5.32 Å². The van der Waals surface area contributed by atoms with Crippen LogP contribution in [0.1, 0.15) is 48.2 Å². The molecule has 3 amide bonds. The number of carbonyl (C=O) groups is 2. The smallest absolute Gasteiger partial charge is 0.323 e. The van der Waals surface area contributed by atoms with Gasteiger partial charge in [-0.05, 0) is 73.1 Å². The van der Waals surface area contributed by atoms with Crippen LogP contribution in [0.5, 0.6) is 0 Å². The maximum Gasteiger partial charge on any atom is 0.323 e. The van der Waals surface area contributed by atoms with Crippen LogP contribution in [0.15, 0.2) is 72.8 Å². The number of hydrogen-bond donors (Lipinski definition) is 3. The predicted molar refractivity (Wildman–Crippen MR) is 152 cm³/mol. The number of anilines is 3. The summed E-state index contributed by atoms with van der Waals surface area (Å²) in [5, 5.41) is 17.7. The number of carbonyl (C=O) groups excluding carboxylic acids is 2. The van der Waals surface area contributed by atoms with Gasteiger partial charge in [0, 0.05) is 36.7 Å². The van der Waals surface area contributed by atoms with Gasteiger partial charge in [0.05, 0.1) is 17.2 Å². The molecular weight excluding hydrogens is 474 g/mol. The molecule has 196 valence electrons. The first-order valence-electron chi connectivity index (χ1n) is 13.2. The standard InChI is InChI=1S/C31H35N5O2/c1-22(2)21-33-30(37)28-19-27(35-31(38)34-26-10-6-9-25(18-26)20-32)11-12-29(28)36-15-13-24(14-16-36)17-23-7-4-3-5-8-23/h3-12,18-19,22,24H,13-17,21H2,1-2H3,(H,33,37)(H2,34,35,38). The lowest BCUT2D eigenvalue weighted by atomic mass is 9.89. The molecule has 1 fully saturated rings. The van der Waals surface area contributed by atoms with E-state index in [0.29, 0.717) is 40.9 Å². The lowest BCUT2D eigenvalue weighted by molar-refractivity contribution is 0.0949. The number of piperidine rings is 1. The van der Waals surface area contributed by atoms with Gasteiger partial charge < -0.3 is 20.9 Å². The van der Waals surface area contributed by atoms with E-state index in [9.17, 15) is 9.59 Å². The van der Waals surface area contributed by atoms with E-state index in [2.05, 4.69) is 65.0 Å². The molecule has 0 atom stereocenters. The van der Waals surface area contributed by atoms with Crippen LogP contribution >= 0.6 is 0 Å². The molecule has 4 rings (SSSR count). The van der Waals surface area contributed by atoms with E-state index >= 15 is 0 Å². The molecule has 7 heteroatoms. The average Bonchev–Trinajstić information content (AvgIpc) is 2.93. The minimum atomic E-state index is -0.442. The molecule has 0 spiro atoms. The Morgan fingerprint density at radius 2 is 1.66 bits per heavy atom.